The first-order valence-electron chi connectivity index (χ1n) is 5.56. The average molecular weight is 284 g/mol. The molecule has 1 atom stereocenters. The van der Waals surface area contributed by atoms with Crippen LogP contribution in [0.15, 0.2) is 6.07 Å². The van der Waals surface area contributed by atoms with Crippen molar-refractivity contribution in [3.05, 3.63) is 21.7 Å². The minimum Gasteiger partial charge on any atom is -0.465 e. The summed E-state index contributed by atoms with van der Waals surface area (Å²) >= 11 is 7.48. The lowest BCUT2D eigenvalue weighted by atomic mass is 9.93. The van der Waals surface area contributed by atoms with E-state index in [4.69, 9.17) is 16.7 Å². The molecule has 2 aromatic heterocycles. The van der Waals surface area contributed by atoms with E-state index in [0.29, 0.717) is 11.6 Å². The Bertz CT molecular complexity index is 628. The fraction of sp³-hybridized carbons (Fsp3) is 0.364. The summed E-state index contributed by atoms with van der Waals surface area (Å²) in [5.41, 5.74) is 1.16. The number of nitrogens with one attached hydrogen (secondary N) is 1. The summed E-state index contributed by atoms with van der Waals surface area (Å²) in [6.45, 7) is 0. The van der Waals surface area contributed by atoms with Gasteiger partial charge in [0.15, 0.2) is 5.15 Å². The van der Waals surface area contributed by atoms with E-state index in [9.17, 15) is 4.79 Å². The van der Waals surface area contributed by atoms with Gasteiger partial charge in [0.1, 0.15) is 4.83 Å². The molecule has 0 saturated heterocycles. The van der Waals surface area contributed by atoms with E-state index in [1.165, 1.54) is 4.88 Å². The van der Waals surface area contributed by atoms with E-state index in [-0.39, 0.29) is 6.04 Å². The smallest absolute Gasteiger partial charge is 0.404 e. The first-order chi connectivity index (χ1) is 8.63. The highest BCUT2D eigenvalue weighted by Crippen LogP contribution is 2.35. The largest absolute Gasteiger partial charge is 0.465 e. The molecule has 7 heteroatoms. The van der Waals surface area contributed by atoms with Crippen molar-refractivity contribution < 1.29 is 9.90 Å². The van der Waals surface area contributed by atoms with E-state index in [1.54, 1.807) is 11.3 Å². The highest BCUT2D eigenvalue weighted by Gasteiger charge is 2.24. The summed E-state index contributed by atoms with van der Waals surface area (Å²) in [4.78, 5) is 12.8. The average Bonchev–Trinajstić information content (AvgIpc) is 2.66. The van der Waals surface area contributed by atoms with Gasteiger partial charge in [-0.25, -0.2) is 4.79 Å². The normalized spacial score (nSPS) is 18.6. The molecule has 0 saturated carbocycles. The lowest BCUT2D eigenvalue weighted by Gasteiger charge is -2.22. The van der Waals surface area contributed by atoms with Crippen molar-refractivity contribution in [2.24, 2.45) is 0 Å². The second-order valence-electron chi connectivity index (χ2n) is 4.28. The minimum absolute atomic E-state index is 0.0280. The van der Waals surface area contributed by atoms with Crippen molar-refractivity contribution >= 4 is 39.2 Å². The second-order valence-corrected chi connectivity index (χ2v) is 5.75. The van der Waals surface area contributed by atoms with Crippen LogP contribution < -0.4 is 5.32 Å². The topological polar surface area (TPSA) is 75.1 Å². The molecule has 0 radical (unpaired) electrons. The summed E-state index contributed by atoms with van der Waals surface area (Å²) in [5.74, 6) is 0. The fourth-order valence-corrected chi connectivity index (χ4v) is 3.64. The van der Waals surface area contributed by atoms with Gasteiger partial charge in [-0.05, 0) is 30.9 Å². The molecule has 1 aliphatic carbocycles. The van der Waals surface area contributed by atoms with Crippen molar-refractivity contribution in [3.8, 4) is 0 Å². The maximum atomic E-state index is 10.7. The van der Waals surface area contributed by atoms with Crippen LogP contribution in [-0.4, -0.2) is 27.4 Å². The van der Waals surface area contributed by atoms with Gasteiger partial charge in [-0.2, -0.15) is 0 Å². The number of amides is 1. The lowest BCUT2D eigenvalue weighted by molar-refractivity contribution is 0.188. The molecule has 94 valence electrons. The van der Waals surface area contributed by atoms with Gasteiger partial charge < -0.3 is 10.4 Å². The Morgan fingerprint density at radius 2 is 2.39 bits per heavy atom. The molecule has 0 aromatic carbocycles. The van der Waals surface area contributed by atoms with Crippen LogP contribution in [0, 0.1) is 0 Å². The van der Waals surface area contributed by atoms with Gasteiger partial charge in [0, 0.05) is 16.3 Å². The van der Waals surface area contributed by atoms with Crippen LogP contribution in [0.2, 0.25) is 5.15 Å². The van der Waals surface area contributed by atoms with Crippen molar-refractivity contribution in [2.45, 2.75) is 25.3 Å². The molecule has 1 unspecified atom stereocenters. The Kier molecular flexibility index (Phi) is 2.83. The molecular formula is C11H10ClN3O2S. The molecule has 1 aliphatic rings. The summed E-state index contributed by atoms with van der Waals surface area (Å²) < 4.78 is 0. The van der Waals surface area contributed by atoms with E-state index in [1.807, 2.05) is 6.07 Å². The number of hydrogen-bond acceptors (Lipinski definition) is 4. The van der Waals surface area contributed by atoms with Crippen LogP contribution in [0.25, 0.3) is 10.2 Å². The number of hydrogen-bond donors (Lipinski definition) is 2. The zero-order chi connectivity index (χ0) is 12.7. The van der Waals surface area contributed by atoms with Crippen molar-refractivity contribution in [3.63, 3.8) is 0 Å². The third-order valence-electron chi connectivity index (χ3n) is 3.11. The zero-order valence-corrected chi connectivity index (χ0v) is 10.9. The number of aromatic nitrogens is 2. The molecule has 2 aromatic rings. The van der Waals surface area contributed by atoms with Gasteiger partial charge in [-0.3, -0.25) is 0 Å². The van der Waals surface area contributed by atoms with Crippen molar-refractivity contribution in [2.75, 3.05) is 0 Å². The Morgan fingerprint density at radius 3 is 3.17 bits per heavy atom. The Morgan fingerprint density at radius 1 is 1.56 bits per heavy atom. The van der Waals surface area contributed by atoms with Crippen molar-refractivity contribution in [1.29, 1.82) is 0 Å². The van der Waals surface area contributed by atoms with Crippen LogP contribution in [0.1, 0.15) is 16.9 Å². The standard InChI is InChI=1S/C11H10ClN3O2S/c12-9-4-7-6-3-5(13-11(16)17)1-2-8(6)18-10(7)15-14-9/h4-5,13H,1-3H2,(H,16,17). The number of rotatable bonds is 1. The number of thiophene rings is 1. The Labute approximate surface area is 112 Å². The molecule has 3 rings (SSSR count). The molecular weight excluding hydrogens is 274 g/mol. The van der Waals surface area contributed by atoms with Crippen LogP contribution in [0.4, 0.5) is 4.79 Å². The molecule has 18 heavy (non-hydrogen) atoms. The van der Waals surface area contributed by atoms with Gasteiger partial charge in [0.25, 0.3) is 0 Å². The molecule has 0 fully saturated rings. The third-order valence-corrected chi connectivity index (χ3v) is 4.49. The van der Waals surface area contributed by atoms with Gasteiger partial charge in [0.2, 0.25) is 0 Å². The second kappa shape index (κ2) is 4.37. The third kappa shape index (κ3) is 2.02. The Balaban J connectivity index is 2.00. The van der Waals surface area contributed by atoms with E-state index in [2.05, 4.69) is 15.5 Å². The highest BCUT2D eigenvalue weighted by atomic mass is 35.5. The quantitative estimate of drug-likeness (QED) is 0.843. The molecule has 2 heterocycles. The summed E-state index contributed by atoms with van der Waals surface area (Å²) in [7, 11) is 0. The zero-order valence-electron chi connectivity index (χ0n) is 9.31. The number of nitrogens with zero attached hydrogens (tertiary/aromatic N) is 2. The van der Waals surface area contributed by atoms with Crippen LogP contribution in [0.3, 0.4) is 0 Å². The molecule has 0 spiro atoms. The summed E-state index contributed by atoms with van der Waals surface area (Å²) in [6, 6.07) is 1.78. The highest BCUT2D eigenvalue weighted by molar-refractivity contribution is 7.18. The number of carboxylic acid groups (broad SMARTS) is 1. The van der Waals surface area contributed by atoms with E-state index < -0.39 is 6.09 Å². The summed E-state index contributed by atoms with van der Waals surface area (Å²) in [5, 5.41) is 20.6. The first-order valence-corrected chi connectivity index (χ1v) is 6.76. The van der Waals surface area contributed by atoms with E-state index >= 15 is 0 Å². The van der Waals surface area contributed by atoms with E-state index in [0.717, 1.165) is 28.6 Å². The lowest BCUT2D eigenvalue weighted by Crippen LogP contribution is -2.37. The predicted molar refractivity (Wildman–Crippen MR) is 69.4 cm³/mol. The van der Waals surface area contributed by atoms with Gasteiger partial charge in [-0.1, -0.05) is 11.6 Å². The maximum absolute atomic E-state index is 10.7. The van der Waals surface area contributed by atoms with Gasteiger partial charge in [0.05, 0.1) is 0 Å². The number of aryl methyl sites for hydroxylation is 1. The van der Waals surface area contributed by atoms with Crippen LogP contribution in [-0.2, 0) is 12.8 Å². The Hall–Kier alpha value is -1.40. The molecule has 0 bridgehead atoms. The van der Waals surface area contributed by atoms with Crippen LogP contribution >= 0.6 is 22.9 Å². The number of halogens is 1. The predicted octanol–water partition coefficient (Wildman–Crippen LogP) is 2.47. The van der Waals surface area contributed by atoms with Crippen LogP contribution in [0.5, 0.6) is 0 Å². The molecule has 5 nitrogen and oxygen atoms in total. The SMILES string of the molecule is O=C(O)NC1CCc2sc3nnc(Cl)cc3c2C1. The van der Waals surface area contributed by atoms with Crippen molar-refractivity contribution in [1.82, 2.24) is 15.5 Å². The monoisotopic (exact) mass is 283 g/mol. The molecule has 0 aliphatic heterocycles. The molecule has 1 amide bonds. The fourth-order valence-electron chi connectivity index (χ4n) is 2.35. The first kappa shape index (κ1) is 11.7. The number of fused-ring (bicyclic) bond motifs is 3. The number of carbonyl (C=O) groups is 1. The summed E-state index contributed by atoms with van der Waals surface area (Å²) in [6.07, 6.45) is 1.43. The molecule has 2 N–H and O–H groups in total. The van der Waals surface area contributed by atoms with Gasteiger partial charge in [-0.15, -0.1) is 21.5 Å². The van der Waals surface area contributed by atoms with Gasteiger partial charge >= 0.3 is 6.09 Å². The minimum atomic E-state index is -0.971. The maximum Gasteiger partial charge on any atom is 0.404 e.